The van der Waals surface area contributed by atoms with E-state index in [-0.39, 0.29) is 12.7 Å². The molecule has 0 aromatic heterocycles. The van der Waals surface area contributed by atoms with Crippen molar-refractivity contribution in [3.8, 4) is 11.5 Å². The molecule has 2 unspecified atom stereocenters. The molecular formula is C18H24N2O3. The number of nitrogens with zero attached hydrogens (tertiary/aromatic N) is 2. The van der Waals surface area contributed by atoms with Crippen LogP contribution in [0.2, 0.25) is 0 Å². The van der Waals surface area contributed by atoms with Crippen LogP contribution in [0.15, 0.2) is 18.2 Å². The lowest BCUT2D eigenvalue weighted by Crippen LogP contribution is -2.48. The van der Waals surface area contributed by atoms with E-state index in [0.29, 0.717) is 29.1 Å². The summed E-state index contributed by atoms with van der Waals surface area (Å²) in [6.45, 7) is 5.50. The second kappa shape index (κ2) is 6.04. The summed E-state index contributed by atoms with van der Waals surface area (Å²) in [6.07, 6.45) is 4.65. The minimum absolute atomic E-state index is 0.0952. The fourth-order valence-electron chi connectivity index (χ4n) is 4.38. The standard InChI is InChI=1S/C18H24N2O3/c1-2-19-10-4-7-14(19)15-8-5-11-20(15)18(21)13-6-3-9-16-17(13)23-12-22-16/h3,6,9,14-15H,2,4-5,7-8,10-12H2,1H3. The normalized spacial score (nSPS) is 26.9. The molecule has 1 amide bonds. The van der Waals surface area contributed by atoms with Gasteiger partial charge in [0.15, 0.2) is 11.5 Å². The highest BCUT2D eigenvalue weighted by atomic mass is 16.7. The molecule has 1 aromatic rings. The van der Waals surface area contributed by atoms with Crippen molar-refractivity contribution in [2.75, 3.05) is 26.4 Å². The molecule has 0 aliphatic carbocycles. The first-order valence-electron chi connectivity index (χ1n) is 8.73. The monoisotopic (exact) mass is 316 g/mol. The fourth-order valence-corrected chi connectivity index (χ4v) is 4.38. The topological polar surface area (TPSA) is 42.0 Å². The number of fused-ring (bicyclic) bond motifs is 1. The molecule has 5 heteroatoms. The van der Waals surface area contributed by atoms with Crippen molar-refractivity contribution in [1.29, 1.82) is 0 Å². The number of carbonyl (C=O) groups is 1. The number of amides is 1. The van der Waals surface area contributed by atoms with Crippen LogP contribution in [0.25, 0.3) is 0 Å². The molecule has 23 heavy (non-hydrogen) atoms. The van der Waals surface area contributed by atoms with Crippen molar-refractivity contribution in [3.05, 3.63) is 23.8 Å². The third-order valence-corrected chi connectivity index (χ3v) is 5.45. The zero-order valence-electron chi connectivity index (χ0n) is 13.7. The second-order valence-corrected chi connectivity index (χ2v) is 6.59. The molecule has 124 valence electrons. The van der Waals surface area contributed by atoms with Crippen LogP contribution in [0.5, 0.6) is 11.5 Å². The maximum atomic E-state index is 13.1. The third kappa shape index (κ3) is 2.47. The summed E-state index contributed by atoms with van der Waals surface area (Å²) in [4.78, 5) is 17.8. The van der Waals surface area contributed by atoms with Crippen molar-refractivity contribution in [1.82, 2.24) is 9.80 Å². The Labute approximate surface area is 137 Å². The van der Waals surface area contributed by atoms with E-state index < -0.39 is 0 Å². The van der Waals surface area contributed by atoms with Gasteiger partial charge in [-0.1, -0.05) is 13.0 Å². The highest BCUT2D eigenvalue weighted by Crippen LogP contribution is 2.38. The molecule has 4 rings (SSSR count). The minimum Gasteiger partial charge on any atom is -0.454 e. The van der Waals surface area contributed by atoms with Crippen molar-refractivity contribution >= 4 is 5.91 Å². The van der Waals surface area contributed by atoms with Crippen molar-refractivity contribution in [2.24, 2.45) is 0 Å². The summed E-state index contributed by atoms with van der Waals surface area (Å²) < 4.78 is 10.9. The first kappa shape index (κ1) is 14.8. The smallest absolute Gasteiger partial charge is 0.258 e. The van der Waals surface area contributed by atoms with Crippen molar-refractivity contribution < 1.29 is 14.3 Å². The SMILES string of the molecule is CCN1CCCC1C1CCCN1C(=O)c1cccc2c1OCO2. The minimum atomic E-state index is 0.0952. The van der Waals surface area contributed by atoms with Gasteiger partial charge in [-0.2, -0.15) is 0 Å². The number of para-hydroxylation sites is 1. The molecule has 5 nitrogen and oxygen atoms in total. The van der Waals surface area contributed by atoms with E-state index in [2.05, 4.69) is 16.7 Å². The molecule has 1 aromatic carbocycles. The van der Waals surface area contributed by atoms with Crippen LogP contribution in [0.3, 0.4) is 0 Å². The Morgan fingerprint density at radius 3 is 2.87 bits per heavy atom. The van der Waals surface area contributed by atoms with Gasteiger partial charge in [0, 0.05) is 18.6 Å². The first-order chi connectivity index (χ1) is 11.3. The van der Waals surface area contributed by atoms with Gasteiger partial charge in [0.2, 0.25) is 6.79 Å². The number of carbonyl (C=O) groups excluding carboxylic acids is 1. The molecule has 0 spiro atoms. The van der Waals surface area contributed by atoms with Crippen LogP contribution in [0.4, 0.5) is 0 Å². The zero-order chi connectivity index (χ0) is 15.8. The van der Waals surface area contributed by atoms with E-state index in [4.69, 9.17) is 9.47 Å². The Kier molecular flexibility index (Phi) is 3.89. The molecule has 0 saturated carbocycles. The molecule has 2 fully saturated rings. The predicted octanol–water partition coefficient (Wildman–Crippen LogP) is 2.50. The lowest BCUT2D eigenvalue weighted by Gasteiger charge is -2.34. The first-order valence-corrected chi connectivity index (χ1v) is 8.73. The van der Waals surface area contributed by atoms with Crippen LogP contribution in [0, 0.1) is 0 Å². The lowest BCUT2D eigenvalue weighted by atomic mass is 10.0. The van der Waals surface area contributed by atoms with E-state index in [1.54, 1.807) is 0 Å². The molecule has 3 aliphatic heterocycles. The molecular weight excluding hydrogens is 292 g/mol. The maximum absolute atomic E-state index is 13.1. The fraction of sp³-hybridized carbons (Fsp3) is 0.611. The van der Waals surface area contributed by atoms with Crippen molar-refractivity contribution in [2.45, 2.75) is 44.7 Å². The Bertz CT molecular complexity index is 604. The Balaban J connectivity index is 1.59. The average Bonchev–Trinajstić information content (AvgIpc) is 3.31. The van der Waals surface area contributed by atoms with Gasteiger partial charge in [-0.3, -0.25) is 9.69 Å². The number of hydrogen-bond donors (Lipinski definition) is 0. The van der Waals surface area contributed by atoms with Gasteiger partial charge < -0.3 is 14.4 Å². The summed E-state index contributed by atoms with van der Waals surface area (Å²) >= 11 is 0. The van der Waals surface area contributed by atoms with Crippen LogP contribution in [-0.2, 0) is 0 Å². The number of hydrogen-bond acceptors (Lipinski definition) is 4. The summed E-state index contributed by atoms with van der Waals surface area (Å²) in [5.41, 5.74) is 0.646. The van der Waals surface area contributed by atoms with E-state index in [1.165, 1.54) is 12.8 Å². The summed E-state index contributed by atoms with van der Waals surface area (Å²) in [5, 5.41) is 0. The number of likely N-dealkylation sites (N-methyl/N-ethyl adjacent to an activating group) is 1. The van der Waals surface area contributed by atoms with Crippen LogP contribution in [0.1, 0.15) is 43.0 Å². The summed E-state index contributed by atoms with van der Waals surface area (Å²) in [5.74, 6) is 1.39. The number of likely N-dealkylation sites (tertiary alicyclic amines) is 2. The third-order valence-electron chi connectivity index (χ3n) is 5.45. The molecule has 3 aliphatic rings. The van der Waals surface area contributed by atoms with E-state index in [1.807, 2.05) is 18.2 Å². The molecule has 2 atom stereocenters. The zero-order valence-corrected chi connectivity index (χ0v) is 13.7. The van der Waals surface area contributed by atoms with Crippen LogP contribution in [-0.4, -0.2) is 54.2 Å². The number of benzene rings is 1. The largest absolute Gasteiger partial charge is 0.454 e. The molecule has 3 heterocycles. The maximum Gasteiger partial charge on any atom is 0.258 e. The van der Waals surface area contributed by atoms with Gasteiger partial charge in [-0.25, -0.2) is 0 Å². The van der Waals surface area contributed by atoms with E-state index in [0.717, 1.165) is 32.5 Å². The Morgan fingerprint density at radius 1 is 1.17 bits per heavy atom. The molecule has 0 bridgehead atoms. The highest BCUT2D eigenvalue weighted by Gasteiger charge is 2.40. The summed E-state index contributed by atoms with van der Waals surface area (Å²) in [7, 11) is 0. The molecule has 2 saturated heterocycles. The molecule has 0 radical (unpaired) electrons. The highest BCUT2D eigenvalue weighted by molar-refractivity contribution is 5.98. The second-order valence-electron chi connectivity index (χ2n) is 6.59. The average molecular weight is 316 g/mol. The Morgan fingerprint density at radius 2 is 2.00 bits per heavy atom. The lowest BCUT2D eigenvalue weighted by molar-refractivity contribution is 0.0645. The Hall–Kier alpha value is -1.75. The van der Waals surface area contributed by atoms with Gasteiger partial charge in [0.05, 0.1) is 5.56 Å². The number of ether oxygens (including phenoxy) is 2. The van der Waals surface area contributed by atoms with Crippen LogP contribution < -0.4 is 9.47 Å². The van der Waals surface area contributed by atoms with Crippen LogP contribution >= 0.6 is 0 Å². The van der Waals surface area contributed by atoms with Gasteiger partial charge in [0.25, 0.3) is 5.91 Å². The van der Waals surface area contributed by atoms with E-state index >= 15 is 0 Å². The van der Waals surface area contributed by atoms with Gasteiger partial charge >= 0.3 is 0 Å². The van der Waals surface area contributed by atoms with Gasteiger partial charge in [-0.15, -0.1) is 0 Å². The number of rotatable bonds is 3. The van der Waals surface area contributed by atoms with Gasteiger partial charge in [0.1, 0.15) is 0 Å². The van der Waals surface area contributed by atoms with Gasteiger partial charge in [-0.05, 0) is 50.9 Å². The predicted molar refractivity (Wildman–Crippen MR) is 86.9 cm³/mol. The van der Waals surface area contributed by atoms with E-state index in [9.17, 15) is 4.79 Å². The quantitative estimate of drug-likeness (QED) is 0.859. The van der Waals surface area contributed by atoms with Crippen molar-refractivity contribution in [3.63, 3.8) is 0 Å². The summed E-state index contributed by atoms with van der Waals surface area (Å²) in [6, 6.07) is 6.44. The molecule has 0 N–H and O–H groups in total.